The number of aryl methyl sites for hydroxylation is 1. The molecule has 3 aromatic heterocycles. The molecule has 0 aliphatic carbocycles. The molecule has 4 rings (SSSR count). The zero-order chi connectivity index (χ0) is 19.7. The Bertz CT molecular complexity index is 1130. The molecule has 1 amide bonds. The highest BCUT2D eigenvalue weighted by molar-refractivity contribution is 5.90. The number of amides is 1. The second-order valence-electron chi connectivity index (χ2n) is 6.91. The second-order valence-corrected chi connectivity index (χ2v) is 6.91. The summed E-state index contributed by atoms with van der Waals surface area (Å²) < 4.78 is 1.76. The number of H-pyrrole nitrogens is 1. The number of aromatic nitrogens is 5. The van der Waals surface area contributed by atoms with Crippen LogP contribution < -0.4 is 5.32 Å². The van der Waals surface area contributed by atoms with E-state index in [0.29, 0.717) is 23.9 Å². The number of aromatic amines is 1. The largest absolute Gasteiger partial charge is 0.354 e. The summed E-state index contributed by atoms with van der Waals surface area (Å²) in [5.74, 6) is 2.04. The van der Waals surface area contributed by atoms with Crippen LogP contribution in [0.4, 0.5) is 0 Å². The Morgan fingerprint density at radius 3 is 2.75 bits per heavy atom. The van der Waals surface area contributed by atoms with E-state index in [0.717, 1.165) is 22.2 Å². The first kappa shape index (κ1) is 17.9. The van der Waals surface area contributed by atoms with Gasteiger partial charge in [-0.15, -0.1) is 5.10 Å². The summed E-state index contributed by atoms with van der Waals surface area (Å²) in [4.78, 5) is 24.1. The van der Waals surface area contributed by atoms with Crippen molar-refractivity contribution >= 4 is 16.8 Å². The molecule has 0 fully saturated rings. The average Bonchev–Trinajstić information content (AvgIpc) is 3.22. The Morgan fingerprint density at radius 2 is 2.00 bits per heavy atom. The summed E-state index contributed by atoms with van der Waals surface area (Å²) in [5.41, 5.74) is 3.02. The lowest BCUT2D eigenvalue weighted by Crippen LogP contribution is -2.32. The predicted molar refractivity (Wildman–Crippen MR) is 108 cm³/mol. The van der Waals surface area contributed by atoms with Gasteiger partial charge in [0.2, 0.25) is 5.91 Å². The molecule has 7 heteroatoms. The molecule has 0 bridgehead atoms. The molecule has 3 heterocycles. The number of carbonyl (C=O) groups is 1. The molecule has 0 radical (unpaired) electrons. The topological polar surface area (TPSA) is 88.5 Å². The van der Waals surface area contributed by atoms with E-state index in [4.69, 9.17) is 0 Å². The Hall–Kier alpha value is -3.48. The van der Waals surface area contributed by atoms with Crippen molar-refractivity contribution in [2.24, 2.45) is 0 Å². The highest BCUT2D eigenvalue weighted by Crippen LogP contribution is 2.31. The number of pyridine rings is 1. The fourth-order valence-electron chi connectivity index (χ4n) is 3.52. The third-order valence-corrected chi connectivity index (χ3v) is 4.58. The SMILES string of the molecule is CC(=O)NC(C)Cc1c(-c2nc(C)nn2-c2ccccn2)[nH]c2ccccc12. The van der Waals surface area contributed by atoms with Gasteiger partial charge in [0, 0.05) is 30.1 Å². The van der Waals surface area contributed by atoms with Crippen molar-refractivity contribution in [3.63, 3.8) is 0 Å². The lowest BCUT2D eigenvalue weighted by atomic mass is 10.0. The quantitative estimate of drug-likeness (QED) is 0.561. The summed E-state index contributed by atoms with van der Waals surface area (Å²) in [6.07, 6.45) is 2.41. The number of nitrogens with zero attached hydrogens (tertiary/aromatic N) is 4. The van der Waals surface area contributed by atoms with Gasteiger partial charge in [-0.1, -0.05) is 24.3 Å². The van der Waals surface area contributed by atoms with Gasteiger partial charge in [0.05, 0.1) is 5.69 Å². The maximum atomic E-state index is 11.5. The molecular formula is C21H22N6O. The van der Waals surface area contributed by atoms with E-state index in [1.54, 1.807) is 10.9 Å². The lowest BCUT2D eigenvalue weighted by molar-refractivity contribution is -0.119. The van der Waals surface area contributed by atoms with Crippen LogP contribution >= 0.6 is 0 Å². The third-order valence-electron chi connectivity index (χ3n) is 4.58. The van der Waals surface area contributed by atoms with Crippen molar-refractivity contribution in [1.29, 1.82) is 0 Å². The zero-order valence-electron chi connectivity index (χ0n) is 16.1. The minimum atomic E-state index is -0.0404. The van der Waals surface area contributed by atoms with Gasteiger partial charge in [0.15, 0.2) is 11.6 Å². The summed E-state index contributed by atoms with van der Waals surface area (Å²) in [5, 5.41) is 8.63. The number of hydrogen-bond donors (Lipinski definition) is 2. The van der Waals surface area contributed by atoms with E-state index < -0.39 is 0 Å². The summed E-state index contributed by atoms with van der Waals surface area (Å²) in [7, 11) is 0. The first-order valence-corrected chi connectivity index (χ1v) is 9.25. The summed E-state index contributed by atoms with van der Waals surface area (Å²) in [6.45, 7) is 5.40. The number of para-hydroxylation sites is 1. The molecule has 2 N–H and O–H groups in total. The fourth-order valence-corrected chi connectivity index (χ4v) is 3.52. The van der Waals surface area contributed by atoms with Gasteiger partial charge in [-0.05, 0) is 44.0 Å². The van der Waals surface area contributed by atoms with Gasteiger partial charge in [-0.25, -0.2) is 9.97 Å². The van der Waals surface area contributed by atoms with Crippen LogP contribution in [0.1, 0.15) is 25.2 Å². The molecule has 1 aromatic carbocycles. The predicted octanol–water partition coefficient (Wildman–Crippen LogP) is 3.19. The first-order valence-electron chi connectivity index (χ1n) is 9.25. The number of benzene rings is 1. The van der Waals surface area contributed by atoms with Crippen LogP contribution in [0.2, 0.25) is 0 Å². The number of carbonyl (C=O) groups excluding carboxylic acids is 1. The average molecular weight is 374 g/mol. The lowest BCUT2D eigenvalue weighted by Gasteiger charge is -2.13. The normalized spacial score (nSPS) is 12.2. The van der Waals surface area contributed by atoms with E-state index in [9.17, 15) is 4.79 Å². The highest BCUT2D eigenvalue weighted by atomic mass is 16.1. The Balaban J connectivity index is 1.88. The van der Waals surface area contributed by atoms with Crippen molar-refractivity contribution in [3.8, 4) is 17.3 Å². The highest BCUT2D eigenvalue weighted by Gasteiger charge is 2.21. The van der Waals surface area contributed by atoms with E-state index in [1.807, 2.05) is 50.2 Å². The first-order chi connectivity index (χ1) is 13.5. The van der Waals surface area contributed by atoms with Crippen LogP contribution in [0.25, 0.3) is 28.2 Å². The Morgan fingerprint density at radius 1 is 1.21 bits per heavy atom. The number of rotatable bonds is 5. The van der Waals surface area contributed by atoms with Crippen LogP contribution in [-0.2, 0) is 11.2 Å². The second kappa shape index (κ2) is 7.26. The van der Waals surface area contributed by atoms with Gasteiger partial charge < -0.3 is 10.3 Å². The van der Waals surface area contributed by atoms with Gasteiger partial charge in [-0.2, -0.15) is 4.68 Å². The van der Waals surface area contributed by atoms with Crippen molar-refractivity contribution in [3.05, 3.63) is 60.0 Å². The van der Waals surface area contributed by atoms with Crippen LogP contribution in [0.15, 0.2) is 48.7 Å². The summed E-state index contributed by atoms with van der Waals surface area (Å²) >= 11 is 0. The van der Waals surface area contributed by atoms with Crippen molar-refractivity contribution in [2.75, 3.05) is 0 Å². The van der Waals surface area contributed by atoms with Crippen LogP contribution in [0.3, 0.4) is 0 Å². The number of fused-ring (bicyclic) bond motifs is 1. The molecule has 0 aliphatic heterocycles. The summed E-state index contributed by atoms with van der Waals surface area (Å²) in [6, 6.07) is 13.8. The molecule has 0 saturated carbocycles. The number of nitrogens with one attached hydrogen (secondary N) is 2. The molecule has 1 unspecified atom stereocenters. The van der Waals surface area contributed by atoms with Crippen LogP contribution in [0.5, 0.6) is 0 Å². The van der Waals surface area contributed by atoms with Gasteiger partial charge >= 0.3 is 0 Å². The Kier molecular flexibility index (Phi) is 4.65. The fraction of sp³-hybridized carbons (Fsp3) is 0.238. The van der Waals surface area contributed by atoms with Crippen molar-refractivity contribution in [2.45, 2.75) is 33.2 Å². The van der Waals surface area contributed by atoms with Gasteiger partial charge in [0.1, 0.15) is 5.82 Å². The molecule has 142 valence electrons. The number of hydrogen-bond acceptors (Lipinski definition) is 4. The van der Waals surface area contributed by atoms with E-state index in [-0.39, 0.29) is 11.9 Å². The molecule has 1 atom stereocenters. The smallest absolute Gasteiger partial charge is 0.217 e. The molecular weight excluding hydrogens is 352 g/mol. The molecule has 7 nitrogen and oxygen atoms in total. The van der Waals surface area contributed by atoms with E-state index in [1.165, 1.54) is 6.92 Å². The van der Waals surface area contributed by atoms with E-state index in [2.05, 4.69) is 31.4 Å². The monoisotopic (exact) mass is 374 g/mol. The molecule has 0 saturated heterocycles. The molecule has 4 aromatic rings. The third kappa shape index (κ3) is 3.38. The van der Waals surface area contributed by atoms with Crippen LogP contribution in [-0.4, -0.2) is 36.7 Å². The van der Waals surface area contributed by atoms with Crippen molar-refractivity contribution < 1.29 is 4.79 Å². The zero-order valence-corrected chi connectivity index (χ0v) is 16.1. The molecule has 0 spiro atoms. The molecule has 0 aliphatic rings. The standard InChI is InChI=1S/C21H22N6O/c1-13(23-15(3)28)12-17-16-8-4-5-9-18(16)25-20(17)21-24-14(2)26-27(21)19-10-6-7-11-22-19/h4-11,13,25H,12H2,1-3H3,(H,23,28). The maximum Gasteiger partial charge on any atom is 0.217 e. The van der Waals surface area contributed by atoms with Crippen molar-refractivity contribution in [1.82, 2.24) is 30.0 Å². The minimum absolute atomic E-state index is 0.0113. The van der Waals surface area contributed by atoms with E-state index >= 15 is 0 Å². The minimum Gasteiger partial charge on any atom is -0.354 e. The van der Waals surface area contributed by atoms with Gasteiger partial charge in [0.25, 0.3) is 0 Å². The Labute approximate surface area is 162 Å². The van der Waals surface area contributed by atoms with Gasteiger partial charge in [-0.3, -0.25) is 4.79 Å². The van der Waals surface area contributed by atoms with Crippen LogP contribution in [0, 0.1) is 6.92 Å². The molecule has 28 heavy (non-hydrogen) atoms. The maximum absolute atomic E-state index is 11.5.